The van der Waals surface area contributed by atoms with E-state index in [0.29, 0.717) is 35.7 Å². The molecule has 2 aliphatic rings. The van der Waals surface area contributed by atoms with E-state index >= 15 is 0 Å². The molecule has 42 heavy (non-hydrogen) atoms. The van der Waals surface area contributed by atoms with Gasteiger partial charge in [0.05, 0.1) is 28.6 Å². The van der Waals surface area contributed by atoms with E-state index in [1.807, 2.05) is 17.0 Å². The van der Waals surface area contributed by atoms with Gasteiger partial charge in [0, 0.05) is 24.8 Å². The van der Waals surface area contributed by atoms with Crippen LogP contribution in [0.1, 0.15) is 44.6 Å². The van der Waals surface area contributed by atoms with Gasteiger partial charge in [-0.2, -0.15) is 19.6 Å². The molecular formula is C30H36N8O3S. The minimum absolute atomic E-state index is 0.204. The van der Waals surface area contributed by atoms with Crippen LogP contribution in [0.4, 0.5) is 23.3 Å². The van der Waals surface area contributed by atoms with Gasteiger partial charge in [-0.25, -0.2) is 8.42 Å². The number of sulfone groups is 1. The first kappa shape index (κ1) is 28.1. The molecule has 2 fully saturated rings. The molecule has 2 aliphatic heterocycles. The third-order valence-electron chi connectivity index (χ3n) is 8.11. The van der Waals surface area contributed by atoms with Crippen LogP contribution in [0.2, 0.25) is 0 Å². The summed E-state index contributed by atoms with van der Waals surface area (Å²) in [5.74, 6) is 1.37. The Morgan fingerprint density at radius 3 is 2.38 bits per heavy atom. The molecular weight excluding hydrogens is 552 g/mol. The molecule has 2 saturated heterocycles. The molecule has 4 aromatic rings. The number of anilines is 4. The number of carbonyl (C=O) groups excluding carboxylic acids is 1. The molecule has 220 valence electrons. The first-order chi connectivity index (χ1) is 20.3. The Balaban J connectivity index is 1.15. The van der Waals surface area contributed by atoms with Crippen LogP contribution < -0.4 is 10.6 Å². The van der Waals surface area contributed by atoms with Gasteiger partial charge in [-0.15, -0.1) is 0 Å². The molecule has 2 aromatic heterocycles. The lowest BCUT2D eigenvalue weighted by Gasteiger charge is -2.36. The predicted molar refractivity (Wildman–Crippen MR) is 162 cm³/mol. The number of aromatic nitrogens is 4. The molecule has 0 saturated carbocycles. The zero-order valence-corrected chi connectivity index (χ0v) is 24.7. The SMILES string of the molecule is CC(C)S(=O)(=O)c1ccccc1Nc1nc(Nc2ccc(C3CCN(C(=O)CN4CCC4)CC3)cc2)nc2ccnn12. The van der Waals surface area contributed by atoms with Gasteiger partial charge in [0.15, 0.2) is 15.5 Å². The van der Waals surface area contributed by atoms with Gasteiger partial charge in [0.25, 0.3) is 0 Å². The van der Waals surface area contributed by atoms with Crippen molar-refractivity contribution in [3.63, 3.8) is 0 Å². The first-order valence-corrected chi connectivity index (χ1v) is 16.0. The number of para-hydroxylation sites is 1. The maximum absolute atomic E-state index is 13.0. The Hall–Kier alpha value is -4.03. The van der Waals surface area contributed by atoms with Crippen molar-refractivity contribution in [1.82, 2.24) is 29.4 Å². The minimum atomic E-state index is -3.52. The third-order valence-corrected chi connectivity index (χ3v) is 10.3. The standard InChI is InChI=1S/C30H36N8O3S/c1-21(2)42(40,41)26-7-4-3-6-25(26)33-30-35-29(34-27-12-15-31-38(27)30)32-24-10-8-22(9-11-24)23-13-18-37(19-14-23)28(39)20-36-16-5-17-36/h3-4,6-12,15,21,23H,5,13-14,16-20H2,1-2H3,(H2,32,33,34,35). The molecule has 0 atom stereocenters. The molecule has 0 aliphatic carbocycles. The monoisotopic (exact) mass is 588 g/mol. The molecule has 2 aromatic carbocycles. The van der Waals surface area contributed by atoms with Gasteiger partial charge >= 0.3 is 0 Å². The fourth-order valence-corrected chi connectivity index (χ4v) is 6.62. The number of hydrogen-bond donors (Lipinski definition) is 2. The van der Waals surface area contributed by atoms with Crippen molar-refractivity contribution in [2.45, 2.75) is 49.2 Å². The molecule has 11 nitrogen and oxygen atoms in total. The Morgan fingerprint density at radius 2 is 1.69 bits per heavy atom. The van der Waals surface area contributed by atoms with Gasteiger partial charge < -0.3 is 15.5 Å². The van der Waals surface area contributed by atoms with E-state index in [1.165, 1.54) is 16.5 Å². The van der Waals surface area contributed by atoms with E-state index in [9.17, 15) is 13.2 Å². The molecule has 0 radical (unpaired) electrons. The number of nitrogens with zero attached hydrogens (tertiary/aromatic N) is 6. The summed E-state index contributed by atoms with van der Waals surface area (Å²) in [4.78, 5) is 26.2. The molecule has 2 N–H and O–H groups in total. The summed E-state index contributed by atoms with van der Waals surface area (Å²) in [6.45, 7) is 7.56. The van der Waals surface area contributed by atoms with Gasteiger partial charge in [0.1, 0.15) is 0 Å². The van der Waals surface area contributed by atoms with Crippen LogP contribution in [-0.4, -0.2) is 81.7 Å². The number of carbonyl (C=O) groups is 1. The second-order valence-electron chi connectivity index (χ2n) is 11.2. The summed E-state index contributed by atoms with van der Waals surface area (Å²) in [6.07, 6.45) is 4.74. The lowest BCUT2D eigenvalue weighted by Crippen LogP contribution is -2.47. The maximum Gasteiger partial charge on any atom is 0.236 e. The number of likely N-dealkylation sites (tertiary alicyclic amines) is 2. The minimum Gasteiger partial charge on any atom is -0.342 e. The van der Waals surface area contributed by atoms with Crippen LogP contribution in [0.25, 0.3) is 5.65 Å². The predicted octanol–water partition coefficient (Wildman–Crippen LogP) is 4.21. The van der Waals surface area contributed by atoms with Crippen LogP contribution in [0, 0.1) is 0 Å². The highest BCUT2D eigenvalue weighted by Gasteiger charge is 2.27. The van der Waals surface area contributed by atoms with Crippen molar-refractivity contribution in [3.8, 4) is 0 Å². The van der Waals surface area contributed by atoms with E-state index in [0.717, 1.165) is 44.7 Å². The number of nitrogens with one attached hydrogen (secondary N) is 2. The Bertz CT molecular complexity index is 1670. The highest BCUT2D eigenvalue weighted by molar-refractivity contribution is 7.92. The molecule has 0 bridgehead atoms. The summed E-state index contributed by atoms with van der Waals surface area (Å²) in [6, 6.07) is 16.8. The van der Waals surface area contributed by atoms with E-state index in [2.05, 4.69) is 42.7 Å². The highest BCUT2D eigenvalue weighted by atomic mass is 32.2. The average molecular weight is 589 g/mol. The van der Waals surface area contributed by atoms with E-state index in [4.69, 9.17) is 0 Å². The van der Waals surface area contributed by atoms with Gasteiger partial charge in [0.2, 0.25) is 17.8 Å². The van der Waals surface area contributed by atoms with Gasteiger partial charge in [-0.1, -0.05) is 24.3 Å². The molecule has 12 heteroatoms. The van der Waals surface area contributed by atoms with Crippen LogP contribution >= 0.6 is 0 Å². The Morgan fingerprint density at radius 1 is 0.952 bits per heavy atom. The van der Waals surface area contributed by atoms with Crippen molar-refractivity contribution in [1.29, 1.82) is 0 Å². The second kappa shape index (κ2) is 11.7. The Labute approximate surface area is 245 Å². The summed E-state index contributed by atoms with van der Waals surface area (Å²) >= 11 is 0. The highest BCUT2D eigenvalue weighted by Crippen LogP contribution is 2.31. The average Bonchev–Trinajstić information content (AvgIpc) is 3.45. The zero-order chi connectivity index (χ0) is 29.3. The van der Waals surface area contributed by atoms with Crippen molar-refractivity contribution in [2.24, 2.45) is 0 Å². The van der Waals surface area contributed by atoms with Crippen molar-refractivity contribution in [2.75, 3.05) is 43.4 Å². The molecule has 1 amide bonds. The number of rotatable bonds is 9. The first-order valence-electron chi connectivity index (χ1n) is 14.5. The fourth-order valence-electron chi connectivity index (χ4n) is 5.42. The van der Waals surface area contributed by atoms with Crippen LogP contribution in [0.3, 0.4) is 0 Å². The number of fused-ring (bicyclic) bond motifs is 1. The number of piperidine rings is 1. The van der Waals surface area contributed by atoms with Crippen LogP contribution in [-0.2, 0) is 14.6 Å². The normalized spacial score (nSPS) is 16.5. The van der Waals surface area contributed by atoms with Crippen molar-refractivity contribution >= 4 is 44.7 Å². The summed E-state index contributed by atoms with van der Waals surface area (Å²) in [5, 5.41) is 10.2. The van der Waals surface area contributed by atoms with Gasteiger partial charge in [-0.3, -0.25) is 9.69 Å². The molecule has 4 heterocycles. The van der Waals surface area contributed by atoms with E-state index in [-0.39, 0.29) is 10.8 Å². The van der Waals surface area contributed by atoms with E-state index < -0.39 is 15.1 Å². The van der Waals surface area contributed by atoms with Crippen LogP contribution in [0.5, 0.6) is 0 Å². The summed E-state index contributed by atoms with van der Waals surface area (Å²) in [7, 11) is -3.52. The fraction of sp³-hybridized carbons (Fsp3) is 0.400. The molecule has 0 spiro atoms. The van der Waals surface area contributed by atoms with E-state index in [1.54, 1.807) is 50.4 Å². The van der Waals surface area contributed by atoms with Crippen molar-refractivity contribution in [3.05, 3.63) is 66.4 Å². The molecule has 6 rings (SSSR count). The largest absolute Gasteiger partial charge is 0.342 e. The third kappa shape index (κ3) is 5.82. The molecule has 0 unspecified atom stereocenters. The lowest BCUT2D eigenvalue weighted by molar-refractivity contribution is -0.134. The number of hydrogen-bond acceptors (Lipinski definition) is 9. The van der Waals surface area contributed by atoms with Crippen LogP contribution in [0.15, 0.2) is 65.7 Å². The topological polar surface area (TPSA) is 125 Å². The number of benzene rings is 2. The second-order valence-corrected chi connectivity index (χ2v) is 13.7. The lowest BCUT2D eigenvalue weighted by atomic mass is 9.89. The zero-order valence-electron chi connectivity index (χ0n) is 23.9. The van der Waals surface area contributed by atoms with Gasteiger partial charge in [-0.05, 0) is 81.9 Å². The summed E-state index contributed by atoms with van der Waals surface area (Å²) < 4.78 is 27.5. The smallest absolute Gasteiger partial charge is 0.236 e. The number of amides is 1. The Kier molecular flexibility index (Phi) is 7.82. The quantitative estimate of drug-likeness (QED) is 0.296. The van der Waals surface area contributed by atoms with Crippen molar-refractivity contribution < 1.29 is 13.2 Å². The maximum atomic E-state index is 13.0. The summed E-state index contributed by atoms with van der Waals surface area (Å²) in [5.41, 5.74) is 3.07.